The molecule has 0 saturated heterocycles. The Morgan fingerprint density at radius 3 is 2.64 bits per heavy atom. The van der Waals surface area contributed by atoms with Crippen molar-refractivity contribution >= 4 is 0 Å². The van der Waals surface area contributed by atoms with Gasteiger partial charge in [-0.15, -0.1) is 0 Å². The van der Waals surface area contributed by atoms with Crippen LogP contribution in [0.3, 0.4) is 0 Å². The molecule has 0 aliphatic rings. The van der Waals surface area contributed by atoms with Crippen molar-refractivity contribution in [2.45, 2.75) is 0 Å². The summed E-state index contributed by atoms with van der Waals surface area (Å²) in [6, 6.07) is 1.35. The van der Waals surface area contributed by atoms with Crippen LogP contribution in [0.25, 0.3) is 0 Å². The number of halogens is 3. The molecule has 0 aromatic heterocycles. The summed E-state index contributed by atoms with van der Waals surface area (Å²) in [5, 5.41) is 2.70. The zero-order valence-electron chi connectivity index (χ0n) is 7.50. The van der Waals surface area contributed by atoms with Crippen LogP contribution < -0.4 is 5.32 Å². The molecule has 1 rings (SSSR count). The van der Waals surface area contributed by atoms with Gasteiger partial charge in [0.25, 0.3) is 0 Å². The second kappa shape index (κ2) is 4.68. The maximum atomic E-state index is 12.9. The number of hydrogen-bond donors (Lipinski definition) is 1. The van der Waals surface area contributed by atoms with Gasteiger partial charge < -0.3 is 5.32 Å². The van der Waals surface area contributed by atoms with Gasteiger partial charge in [0.05, 0.1) is 12.1 Å². The Bertz CT molecular complexity index is 390. The van der Waals surface area contributed by atoms with Crippen molar-refractivity contribution in [1.29, 1.82) is 0 Å². The van der Waals surface area contributed by atoms with Gasteiger partial charge in [0.1, 0.15) is 5.82 Å². The molecule has 0 radical (unpaired) electrons. The minimum Gasteiger partial charge on any atom is -0.309 e. The summed E-state index contributed by atoms with van der Waals surface area (Å²) in [4.78, 5) is 0. The van der Waals surface area contributed by atoms with Gasteiger partial charge >= 0.3 is 0 Å². The molecule has 1 N–H and O–H groups in total. The van der Waals surface area contributed by atoms with Crippen molar-refractivity contribution in [3.8, 4) is 11.8 Å². The van der Waals surface area contributed by atoms with Crippen LogP contribution in [0, 0.1) is 29.3 Å². The van der Waals surface area contributed by atoms with Crippen LogP contribution in [0.5, 0.6) is 0 Å². The molecule has 4 heteroatoms. The Balaban J connectivity index is 3.04. The first-order valence-corrected chi connectivity index (χ1v) is 3.93. The predicted molar refractivity (Wildman–Crippen MR) is 47.1 cm³/mol. The van der Waals surface area contributed by atoms with E-state index in [0.29, 0.717) is 12.6 Å². The standard InChI is InChI=1S/C10H8F3N/c1-14-4-2-3-7-5-8(11)6-9(12)10(7)13/h5-6,14H,4H2,1H3. The molecule has 0 unspecified atom stereocenters. The molecule has 14 heavy (non-hydrogen) atoms. The third-order valence-corrected chi connectivity index (χ3v) is 1.48. The van der Waals surface area contributed by atoms with Crippen molar-refractivity contribution in [3.63, 3.8) is 0 Å². The normalized spacial score (nSPS) is 9.43. The molecule has 0 atom stereocenters. The second-order valence-electron chi connectivity index (χ2n) is 2.58. The molecule has 0 bridgehead atoms. The summed E-state index contributed by atoms with van der Waals surface area (Å²) in [5.41, 5.74) is -0.266. The molecule has 0 saturated carbocycles. The van der Waals surface area contributed by atoms with Crippen LogP contribution in [0.15, 0.2) is 12.1 Å². The third kappa shape index (κ3) is 2.51. The zero-order valence-corrected chi connectivity index (χ0v) is 7.50. The monoisotopic (exact) mass is 199 g/mol. The van der Waals surface area contributed by atoms with E-state index in [1.165, 1.54) is 0 Å². The molecule has 74 valence electrons. The van der Waals surface area contributed by atoms with Crippen molar-refractivity contribution < 1.29 is 13.2 Å². The maximum absolute atomic E-state index is 12.9. The van der Waals surface area contributed by atoms with Gasteiger partial charge in [-0.3, -0.25) is 0 Å². The molecule has 0 aliphatic carbocycles. The number of benzene rings is 1. The Morgan fingerprint density at radius 2 is 2.00 bits per heavy atom. The van der Waals surface area contributed by atoms with Crippen LogP contribution in [-0.2, 0) is 0 Å². The van der Waals surface area contributed by atoms with Gasteiger partial charge in [0.15, 0.2) is 11.6 Å². The number of hydrogen-bond acceptors (Lipinski definition) is 1. The molecule has 0 spiro atoms. The first-order valence-electron chi connectivity index (χ1n) is 3.93. The molecular weight excluding hydrogens is 191 g/mol. The van der Waals surface area contributed by atoms with Gasteiger partial charge in [-0.2, -0.15) is 0 Å². The Morgan fingerprint density at radius 1 is 1.29 bits per heavy atom. The van der Waals surface area contributed by atoms with Crippen molar-refractivity contribution in [3.05, 3.63) is 35.1 Å². The average molecular weight is 199 g/mol. The lowest BCUT2D eigenvalue weighted by atomic mass is 10.2. The zero-order chi connectivity index (χ0) is 10.6. The van der Waals surface area contributed by atoms with Crippen LogP contribution in [-0.4, -0.2) is 13.6 Å². The van der Waals surface area contributed by atoms with Gasteiger partial charge in [0.2, 0.25) is 0 Å². The molecule has 0 fully saturated rings. The van der Waals surface area contributed by atoms with E-state index in [1.807, 2.05) is 0 Å². The SMILES string of the molecule is CNCC#Cc1cc(F)cc(F)c1F. The summed E-state index contributed by atoms with van der Waals surface area (Å²) >= 11 is 0. The van der Waals surface area contributed by atoms with E-state index >= 15 is 0 Å². The smallest absolute Gasteiger partial charge is 0.174 e. The van der Waals surface area contributed by atoms with Crippen LogP contribution in [0.4, 0.5) is 13.2 Å². The summed E-state index contributed by atoms with van der Waals surface area (Å²) in [5.74, 6) is 1.67. The quantitative estimate of drug-likeness (QED) is 0.536. The van der Waals surface area contributed by atoms with Crippen LogP contribution in [0.2, 0.25) is 0 Å². The fourth-order valence-electron chi connectivity index (χ4n) is 0.875. The largest absolute Gasteiger partial charge is 0.309 e. The highest BCUT2D eigenvalue weighted by molar-refractivity contribution is 5.36. The van der Waals surface area contributed by atoms with Crippen molar-refractivity contribution in [2.24, 2.45) is 0 Å². The summed E-state index contributed by atoms with van der Waals surface area (Å²) in [6.07, 6.45) is 0. The fourth-order valence-corrected chi connectivity index (χ4v) is 0.875. The minimum absolute atomic E-state index is 0.266. The third-order valence-electron chi connectivity index (χ3n) is 1.48. The lowest BCUT2D eigenvalue weighted by molar-refractivity contribution is 0.492. The van der Waals surface area contributed by atoms with E-state index in [4.69, 9.17) is 0 Å². The van der Waals surface area contributed by atoms with Gasteiger partial charge in [-0.25, -0.2) is 13.2 Å². The molecule has 0 amide bonds. The Labute approximate surface area is 79.9 Å². The van der Waals surface area contributed by atoms with Crippen molar-refractivity contribution in [2.75, 3.05) is 13.6 Å². The molecule has 0 heterocycles. The average Bonchev–Trinajstić information content (AvgIpc) is 2.13. The van der Waals surface area contributed by atoms with Gasteiger partial charge in [0, 0.05) is 6.07 Å². The molecule has 1 nitrogen and oxygen atoms in total. The molecule has 1 aromatic carbocycles. The Hall–Kier alpha value is -1.47. The van der Waals surface area contributed by atoms with Crippen molar-refractivity contribution in [1.82, 2.24) is 5.32 Å². The van der Waals surface area contributed by atoms with Gasteiger partial charge in [-0.05, 0) is 13.1 Å². The van der Waals surface area contributed by atoms with E-state index < -0.39 is 17.5 Å². The topological polar surface area (TPSA) is 12.0 Å². The van der Waals surface area contributed by atoms with E-state index in [9.17, 15) is 13.2 Å². The fraction of sp³-hybridized carbons (Fsp3) is 0.200. The Kier molecular flexibility index (Phi) is 3.55. The lowest BCUT2D eigenvalue weighted by Gasteiger charge is -1.96. The number of rotatable bonds is 1. The van der Waals surface area contributed by atoms with Crippen LogP contribution >= 0.6 is 0 Å². The lowest BCUT2D eigenvalue weighted by Crippen LogP contribution is -2.04. The molecule has 0 aliphatic heterocycles. The predicted octanol–water partition coefficient (Wildman–Crippen LogP) is 1.67. The number of nitrogens with one attached hydrogen (secondary N) is 1. The molecule has 1 aromatic rings. The van der Waals surface area contributed by atoms with E-state index in [1.54, 1.807) is 7.05 Å². The maximum Gasteiger partial charge on any atom is 0.174 e. The summed E-state index contributed by atoms with van der Waals surface area (Å²) in [7, 11) is 1.66. The van der Waals surface area contributed by atoms with E-state index in [-0.39, 0.29) is 5.56 Å². The second-order valence-corrected chi connectivity index (χ2v) is 2.58. The first kappa shape index (κ1) is 10.6. The highest BCUT2D eigenvalue weighted by Crippen LogP contribution is 2.12. The van der Waals surface area contributed by atoms with E-state index in [2.05, 4.69) is 17.2 Å². The highest BCUT2D eigenvalue weighted by atomic mass is 19.2. The first-order chi connectivity index (χ1) is 6.65. The minimum atomic E-state index is -1.22. The highest BCUT2D eigenvalue weighted by Gasteiger charge is 2.08. The van der Waals surface area contributed by atoms with E-state index in [0.717, 1.165) is 6.07 Å². The van der Waals surface area contributed by atoms with Crippen LogP contribution in [0.1, 0.15) is 5.56 Å². The summed E-state index contributed by atoms with van der Waals surface area (Å²) < 4.78 is 38.2. The van der Waals surface area contributed by atoms with Gasteiger partial charge in [-0.1, -0.05) is 11.8 Å². The molecular formula is C10H8F3N. The summed E-state index contributed by atoms with van der Waals surface area (Å²) in [6.45, 7) is 0.331.